The molecule has 3 atom stereocenters. The van der Waals surface area contributed by atoms with Gasteiger partial charge in [0.1, 0.15) is 11.7 Å². The van der Waals surface area contributed by atoms with Gasteiger partial charge in [0.15, 0.2) is 11.6 Å². The molecule has 3 aliphatic heterocycles. The van der Waals surface area contributed by atoms with E-state index in [4.69, 9.17) is 4.74 Å². The Morgan fingerprint density at radius 1 is 1.03 bits per heavy atom. The van der Waals surface area contributed by atoms with E-state index in [1.807, 2.05) is 0 Å². The van der Waals surface area contributed by atoms with Gasteiger partial charge < -0.3 is 19.9 Å². The van der Waals surface area contributed by atoms with Gasteiger partial charge in [0, 0.05) is 45.4 Å². The van der Waals surface area contributed by atoms with Gasteiger partial charge in [-0.1, -0.05) is 0 Å². The third-order valence-corrected chi connectivity index (χ3v) is 7.57. The summed E-state index contributed by atoms with van der Waals surface area (Å²) in [6, 6.07) is 0.983. The summed E-state index contributed by atoms with van der Waals surface area (Å²) in [7, 11) is 0. The highest BCUT2D eigenvalue weighted by molar-refractivity contribution is 5.53. The lowest BCUT2D eigenvalue weighted by Gasteiger charge is -2.28. The number of hydrogen-bond donors (Lipinski definition) is 1. The second-order valence-corrected chi connectivity index (χ2v) is 9.90. The number of rotatable bonds is 5. The molecule has 0 bridgehead atoms. The number of likely N-dealkylation sites (tertiary alicyclic amines) is 1. The van der Waals surface area contributed by atoms with Gasteiger partial charge in [-0.05, 0) is 55.9 Å². The lowest BCUT2D eigenvalue weighted by molar-refractivity contribution is -0.137. The molecule has 1 aliphatic carbocycles. The molecule has 1 aromatic rings. The molecule has 0 unspecified atom stereocenters. The van der Waals surface area contributed by atoms with E-state index in [0.717, 1.165) is 64.6 Å². The number of ether oxygens (including phenoxy) is 1. The Labute approximate surface area is 185 Å². The highest BCUT2D eigenvalue weighted by Gasteiger charge is 2.43. The van der Waals surface area contributed by atoms with E-state index in [1.165, 1.54) is 4.90 Å². The van der Waals surface area contributed by atoms with E-state index >= 15 is 0 Å². The van der Waals surface area contributed by atoms with Gasteiger partial charge in [-0.25, -0.2) is 4.39 Å². The molecular formula is C22H31F4N5O. The standard InChI is InChI=1S/C22H31F4N5O/c23-17-1-4-31(13-17)20-9-19(22(24,25)26)21(29-28-20)27-18-7-15-11-30(12-16(15)8-18)10-14-2-5-32-6-3-14/h9,14-18H,1-8,10-13H2,(H,27,29)/t15-,16-,17-/m1/s1. The molecule has 4 fully saturated rings. The number of alkyl halides is 4. The molecule has 0 spiro atoms. The maximum atomic E-state index is 13.8. The fourth-order valence-electron chi connectivity index (χ4n) is 5.94. The van der Waals surface area contributed by atoms with E-state index in [-0.39, 0.29) is 24.2 Å². The van der Waals surface area contributed by atoms with Crippen LogP contribution in [0.15, 0.2) is 6.07 Å². The van der Waals surface area contributed by atoms with Crippen LogP contribution >= 0.6 is 0 Å². The zero-order valence-electron chi connectivity index (χ0n) is 18.2. The Morgan fingerprint density at radius 3 is 2.38 bits per heavy atom. The Kier molecular flexibility index (Phi) is 6.17. The number of fused-ring (bicyclic) bond motifs is 1. The van der Waals surface area contributed by atoms with Crippen molar-refractivity contribution in [3.8, 4) is 0 Å². The van der Waals surface area contributed by atoms with Crippen molar-refractivity contribution < 1.29 is 22.3 Å². The summed E-state index contributed by atoms with van der Waals surface area (Å²) in [5, 5.41) is 10.9. The normalized spacial score (nSPS) is 30.2. The van der Waals surface area contributed by atoms with Gasteiger partial charge in [-0.2, -0.15) is 13.2 Å². The molecule has 10 heteroatoms. The van der Waals surface area contributed by atoms with Crippen molar-refractivity contribution in [2.24, 2.45) is 17.8 Å². The van der Waals surface area contributed by atoms with Gasteiger partial charge in [0.2, 0.25) is 0 Å². The molecular weight excluding hydrogens is 426 g/mol. The minimum Gasteiger partial charge on any atom is -0.381 e. The largest absolute Gasteiger partial charge is 0.420 e. The minimum atomic E-state index is -4.54. The molecule has 0 amide bonds. The molecule has 3 saturated heterocycles. The highest BCUT2D eigenvalue weighted by atomic mass is 19.4. The summed E-state index contributed by atoms with van der Waals surface area (Å²) in [5.41, 5.74) is -0.817. The number of nitrogens with zero attached hydrogens (tertiary/aromatic N) is 4. The van der Waals surface area contributed by atoms with Crippen LogP contribution in [0.3, 0.4) is 0 Å². The predicted molar refractivity (Wildman–Crippen MR) is 112 cm³/mol. The van der Waals surface area contributed by atoms with Crippen molar-refractivity contribution in [2.45, 2.75) is 50.5 Å². The first-order valence-electron chi connectivity index (χ1n) is 11.8. The summed E-state index contributed by atoms with van der Waals surface area (Å²) < 4.78 is 60.2. The first-order valence-corrected chi connectivity index (χ1v) is 11.8. The van der Waals surface area contributed by atoms with Crippen LogP contribution in [0.2, 0.25) is 0 Å². The minimum absolute atomic E-state index is 0.0292. The maximum Gasteiger partial charge on any atom is 0.420 e. The van der Waals surface area contributed by atoms with Crippen LogP contribution in [0.4, 0.5) is 29.2 Å². The average molecular weight is 458 g/mol. The maximum absolute atomic E-state index is 13.8. The van der Waals surface area contributed by atoms with E-state index in [1.54, 1.807) is 0 Å². The Bertz CT molecular complexity index is 789. The number of aromatic nitrogens is 2. The van der Waals surface area contributed by atoms with Crippen molar-refractivity contribution in [2.75, 3.05) is 56.2 Å². The first kappa shape index (κ1) is 22.1. The molecule has 4 aliphatic rings. The number of halogens is 4. The second kappa shape index (κ2) is 8.93. The van der Waals surface area contributed by atoms with E-state index < -0.39 is 17.9 Å². The van der Waals surface area contributed by atoms with Gasteiger partial charge in [0.05, 0.1) is 6.54 Å². The third-order valence-electron chi connectivity index (χ3n) is 7.57. The SMILES string of the molecule is F[C@@H]1CCN(c2cc(C(F)(F)F)c(NC3C[C@@H]4CN(CC5CCOCC5)C[C@H]4C3)nn2)C1. The highest BCUT2D eigenvalue weighted by Crippen LogP contribution is 2.42. The van der Waals surface area contributed by atoms with Crippen LogP contribution in [0, 0.1) is 17.8 Å². The molecule has 4 heterocycles. The Morgan fingerprint density at radius 2 is 1.75 bits per heavy atom. The lowest BCUT2D eigenvalue weighted by atomic mass is 10.00. The fraction of sp³-hybridized carbons (Fsp3) is 0.818. The van der Waals surface area contributed by atoms with Gasteiger partial charge in [-0.3, -0.25) is 0 Å². The number of hydrogen-bond acceptors (Lipinski definition) is 6. The number of anilines is 2. The van der Waals surface area contributed by atoms with Crippen molar-refractivity contribution in [3.63, 3.8) is 0 Å². The zero-order valence-corrected chi connectivity index (χ0v) is 18.2. The zero-order chi connectivity index (χ0) is 22.3. The average Bonchev–Trinajstić information content (AvgIpc) is 3.43. The molecule has 6 nitrogen and oxygen atoms in total. The van der Waals surface area contributed by atoms with Gasteiger partial charge in [0.25, 0.3) is 0 Å². The molecule has 1 N–H and O–H groups in total. The molecule has 178 valence electrons. The lowest BCUT2D eigenvalue weighted by Crippen LogP contribution is -2.32. The predicted octanol–water partition coefficient (Wildman–Crippen LogP) is 3.59. The van der Waals surface area contributed by atoms with Crippen molar-refractivity contribution >= 4 is 11.6 Å². The van der Waals surface area contributed by atoms with Crippen LogP contribution in [-0.4, -0.2) is 73.2 Å². The van der Waals surface area contributed by atoms with E-state index in [2.05, 4.69) is 20.4 Å². The van der Waals surface area contributed by atoms with Crippen molar-refractivity contribution in [3.05, 3.63) is 11.6 Å². The van der Waals surface area contributed by atoms with Crippen LogP contribution in [-0.2, 0) is 10.9 Å². The number of nitrogens with one attached hydrogen (secondary N) is 1. The summed E-state index contributed by atoms with van der Waals surface area (Å²) in [4.78, 5) is 4.06. The first-order chi connectivity index (χ1) is 15.3. The third kappa shape index (κ3) is 4.81. The quantitative estimate of drug-likeness (QED) is 0.682. The molecule has 0 aromatic carbocycles. The smallest absolute Gasteiger partial charge is 0.381 e. The van der Waals surface area contributed by atoms with Crippen molar-refractivity contribution in [1.29, 1.82) is 0 Å². The molecule has 1 aromatic heterocycles. The summed E-state index contributed by atoms with van der Waals surface area (Å²) in [6.45, 7) is 5.28. The van der Waals surface area contributed by atoms with Crippen LogP contribution in [0.5, 0.6) is 0 Å². The van der Waals surface area contributed by atoms with Crippen LogP contribution in [0.25, 0.3) is 0 Å². The molecule has 32 heavy (non-hydrogen) atoms. The van der Waals surface area contributed by atoms with Crippen LogP contribution < -0.4 is 10.2 Å². The summed E-state index contributed by atoms with van der Waals surface area (Å²) in [6.07, 6.45) is -1.33. The van der Waals surface area contributed by atoms with E-state index in [0.29, 0.717) is 30.7 Å². The topological polar surface area (TPSA) is 53.5 Å². The Balaban J connectivity index is 1.20. The van der Waals surface area contributed by atoms with Gasteiger partial charge >= 0.3 is 6.18 Å². The molecule has 1 saturated carbocycles. The molecule has 5 rings (SSSR count). The summed E-state index contributed by atoms with van der Waals surface area (Å²) in [5.74, 6) is 1.61. The second-order valence-electron chi connectivity index (χ2n) is 9.90. The molecule has 0 radical (unpaired) electrons. The van der Waals surface area contributed by atoms with Crippen molar-refractivity contribution in [1.82, 2.24) is 15.1 Å². The van der Waals surface area contributed by atoms with Crippen LogP contribution in [0.1, 0.15) is 37.7 Å². The van der Waals surface area contributed by atoms with E-state index in [9.17, 15) is 17.6 Å². The van der Waals surface area contributed by atoms with Gasteiger partial charge in [-0.15, -0.1) is 10.2 Å². The fourth-order valence-corrected chi connectivity index (χ4v) is 5.94. The monoisotopic (exact) mass is 457 g/mol. The Hall–Kier alpha value is -1.68. The summed E-state index contributed by atoms with van der Waals surface area (Å²) >= 11 is 0.